The van der Waals surface area contributed by atoms with Crippen LogP contribution in [0.25, 0.3) is 0 Å². The van der Waals surface area contributed by atoms with E-state index in [9.17, 15) is 9.59 Å². The maximum Gasteiger partial charge on any atom is 0.255 e. The minimum absolute atomic E-state index is 0.102. The lowest BCUT2D eigenvalue weighted by atomic mass is 10.1. The Morgan fingerprint density at radius 3 is 2.25 bits per heavy atom. The molecule has 7 nitrogen and oxygen atoms in total. The van der Waals surface area contributed by atoms with Crippen molar-refractivity contribution in [3.8, 4) is 0 Å². The summed E-state index contributed by atoms with van der Waals surface area (Å²) in [6.45, 7) is 6.77. The van der Waals surface area contributed by atoms with Crippen molar-refractivity contribution in [3.05, 3.63) is 83.2 Å². The summed E-state index contributed by atoms with van der Waals surface area (Å²) < 4.78 is 0. The number of aryl methyl sites for hydroxylation is 2. The summed E-state index contributed by atoms with van der Waals surface area (Å²) >= 11 is 0. The molecule has 2 heterocycles. The molecule has 0 saturated carbocycles. The molecule has 0 aliphatic carbocycles. The number of hydrogen-bond donors (Lipinski definition) is 1. The monoisotopic (exact) mass is 429 g/mol. The Labute approximate surface area is 188 Å². The van der Waals surface area contributed by atoms with Gasteiger partial charge in [0.05, 0.1) is 6.42 Å². The third-order valence-electron chi connectivity index (χ3n) is 5.80. The Balaban J connectivity index is 1.29. The maximum absolute atomic E-state index is 12.7. The molecule has 0 radical (unpaired) electrons. The fourth-order valence-corrected chi connectivity index (χ4v) is 3.69. The van der Waals surface area contributed by atoms with Crippen LogP contribution in [-0.4, -0.2) is 52.9 Å². The van der Waals surface area contributed by atoms with Crippen LogP contribution in [0, 0.1) is 13.8 Å². The van der Waals surface area contributed by atoms with Crippen molar-refractivity contribution >= 4 is 23.5 Å². The second-order valence-corrected chi connectivity index (χ2v) is 8.04. The van der Waals surface area contributed by atoms with E-state index < -0.39 is 0 Å². The number of carbonyl (C=O) groups excluding carboxylic acids is 2. The van der Waals surface area contributed by atoms with Gasteiger partial charge in [0.25, 0.3) is 5.91 Å². The van der Waals surface area contributed by atoms with Crippen LogP contribution in [0.2, 0.25) is 0 Å². The molecule has 7 heteroatoms. The van der Waals surface area contributed by atoms with Crippen LogP contribution in [0.4, 0.5) is 11.6 Å². The first-order chi connectivity index (χ1) is 15.5. The van der Waals surface area contributed by atoms with E-state index in [-0.39, 0.29) is 11.8 Å². The maximum atomic E-state index is 12.7. The highest BCUT2D eigenvalue weighted by molar-refractivity contribution is 6.04. The lowest BCUT2D eigenvalue weighted by Crippen LogP contribution is -2.49. The molecule has 2 amide bonds. The summed E-state index contributed by atoms with van der Waals surface area (Å²) in [5, 5.41) is 2.92. The van der Waals surface area contributed by atoms with E-state index in [0.717, 1.165) is 29.8 Å². The summed E-state index contributed by atoms with van der Waals surface area (Å²) in [6.07, 6.45) is 3.80. The fourth-order valence-electron chi connectivity index (χ4n) is 3.69. The molecule has 0 bridgehead atoms. The molecule has 1 aliphatic heterocycles. The summed E-state index contributed by atoms with van der Waals surface area (Å²) in [7, 11) is 0. The summed E-state index contributed by atoms with van der Waals surface area (Å²) in [5.41, 5.74) is 4.51. The first-order valence-corrected chi connectivity index (χ1v) is 10.8. The van der Waals surface area contributed by atoms with Crippen molar-refractivity contribution in [3.63, 3.8) is 0 Å². The number of piperazine rings is 1. The molecule has 0 spiro atoms. The SMILES string of the molecule is Cc1ccc(C(=O)Nc2ccc(CC(=O)N3CCN(c4ncccn4)CC3)cc2)cc1C. The standard InChI is InChI=1S/C25H27N5O2/c1-18-4-7-21(16-19(18)2)24(32)28-22-8-5-20(6-9-22)17-23(31)29-12-14-30(15-13-29)25-26-10-3-11-27-25/h3-11,16H,12-15,17H2,1-2H3,(H,28,32). The minimum Gasteiger partial charge on any atom is -0.339 e. The highest BCUT2D eigenvalue weighted by Crippen LogP contribution is 2.16. The molecule has 1 aliphatic rings. The van der Waals surface area contributed by atoms with E-state index in [1.54, 1.807) is 18.5 Å². The number of anilines is 2. The highest BCUT2D eigenvalue weighted by atomic mass is 16.2. The summed E-state index contributed by atoms with van der Waals surface area (Å²) in [4.78, 5) is 37.7. The number of benzene rings is 2. The zero-order valence-corrected chi connectivity index (χ0v) is 18.4. The Morgan fingerprint density at radius 2 is 1.59 bits per heavy atom. The molecular formula is C25H27N5O2. The van der Waals surface area contributed by atoms with Crippen molar-refractivity contribution in [2.45, 2.75) is 20.3 Å². The van der Waals surface area contributed by atoms with Crippen LogP contribution >= 0.6 is 0 Å². The summed E-state index contributed by atoms with van der Waals surface area (Å²) in [6, 6.07) is 14.9. The topological polar surface area (TPSA) is 78.4 Å². The zero-order chi connectivity index (χ0) is 22.5. The Hall–Kier alpha value is -3.74. The van der Waals surface area contributed by atoms with Crippen LogP contribution in [-0.2, 0) is 11.2 Å². The minimum atomic E-state index is -0.141. The highest BCUT2D eigenvalue weighted by Gasteiger charge is 2.22. The van der Waals surface area contributed by atoms with Crippen molar-refractivity contribution < 1.29 is 9.59 Å². The van der Waals surface area contributed by atoms with E-state index >= 15 is 0 Å². The van der Waals surface area contributed by atoms with Gasteiger partial charge >= 0.3 is 0 Å². The van der Waals surface area contributed by atoms with Gasteiger partial charge in [0.2, 0.25) is 11.9 Å². The van der Waals surface area contributed by atoms with Crippen molar-refractivity contribution in [2.75, 3.05) is 36.4 Å². The number of nitrogens with zero attached hydrogens (tertiary/aromatic N) is 4. The van der Waals surface area contributed by atoms with Gasteiger partial charge in [-0.1, -0.05) is 18.2 Å². The van der Waals surface area contributed by atoms with E-state index in [4.69, 9.17) is 0 Å². The van der Waals surface area contributed by atoms with Gasteiger partial charge in [0.1, 0.15) is 0 Å². The summed E-state index contributed by atoms with van der Waals surface area (Å²) in [5.74, 6) is 0.667. The predicted molar refractivity (Wildman–Crippen MR) is 125 cm³/mol. The van der Waals surface area contributed by atoms with Crippen LogP contribution in [0.3, 0.4) is 0 Å². The number of amides is 2. The third kappa shape index (κ3) is 5.11. The lowest BCUT2D eigenvalue weighted by molar-refractivity contribution is -0.130. The molecule has 1 saturated heterocycles. The molecule has 1 aromatic heterocycles. The van der Waals surface area contributed by atoms with Gasteiger partial charge in [-0.15, -0.1) is 0 Å². The molecule has 4 rings (SSSR count). The molecule has 0 unspecified atom stereocenters. The second-order valence-electron chi connectivity index (χ2n) is 8.04. The van der Waals surface area contributed by atoms with Crippen LogP contribution in [0.15, 0.2) is 60.9 Å². The van der Waals surface area contributed by atoms with E-state index in [1.807, 2.05) is 61.2 Å². The average molecular weight is 430 g/mol. The molecule has 2 aromatic carbocycles. The number of nitrogens with one attached hydrogen (secondary N) is 1. The number of hydrogen-bond acceptors (Lipinski definition) is 5. The van der Waals surface area contributed by atoms with E-state index in [0.29, 0.717) is 36.7 Å². The van der Waals surface area contributed by atoms with Crippen LogP contribution < -0.4 is 10.2 Å². The van der Waals surface area contributed by atoms with Crippen LogP contribution in [0.1, 0.15) is 27.0 Å². The Bertz CT molecular complexity index is 1090. The number of carbonyl (C=O) groups is 2. The molecular weight excluding hydrogens is 402 g/mol. The van der Waals surface area contributed by atoms with E-state index in [1.165, 1.54) is 0 Å². The van der Waals surface area contributed by atoms with Gasteiger partial charge in [0.15, 0.2) is 0 Å². The lowest BCUT2D eigenvalue weighted by Gasteiger charge is -2.34. The second kappa shape index (κ2) is 9.60. The largest absolute Gasteiger partial charge is 0.339 e. The molecule has 0 atom stereocenters. The number of rotatable bonds is 5. The predicted octanol–water partition coefficient (Wildman–Crippen LogP) is 3.24. The molecule has 1 fully saturated rings. The van der Waals surface area contributed by atoms with Crippen molar-refractivity contribution in [1.29, 1.82) is 0 Å². The van der Waals surface area contributed by atoms with Gasteiger partial charge < -0.3 is 15.1 Å². The van der Waals surface area contributed by atoms with Crippen molar-refractivity contribution in [2.24, 2.45) is 0 Å². The number of aromatic nitrogens is 2. The Morgan fingerprint density at radius 1 is 0.906 bits per heavy atom. The quantitative estimate of drug-likeness (QED) is 0.674. The van der Waals surface area contributed by atoms with Gasteiger partial charge in [-0.3, -0.25) is 9.59 Å². The van der Waals surface area contributed by atoms with Gasteiger partial charge in [0, 0.05) is 49.8 Å². The zero-order valence-electron chi connectivity index (χ0n) is 18.4. The Kier molecular flexibility index (Phi) is 6.44. The fraction of sp³-hybridized carbons (Fsp3) is 0.280. The van der Waals surface area contributed by atoms with Gasteiger partial charge in [-0.2, -0.15) is 0 Å². The molecule has 1 N–H and O–H groups in total. The van der Waals surface area contributed by atoms with Gasteiger partial charge in [-0.25, -0.2) is 9.97 Å². The van der Waals surface area contributed by atoms with Crippen LogP contribution in [0.5, 0.6) is 0 Å². The van der Waals surface area contributed by atoms with Gasteiger partial charge in [-0.05, 0) is 60.9 Å². The molecule has 3 aromatic rings. The first-order valence-electron chi connectivity index (χ1n) is 10.8. The molecule has 32 heavy (non-hydrogen) atoms. The molecule has 164 valence electrons. The smallest absolute Gasteiger partial charge is 0.255 e. The normalized spacial score (nSPS) is 13.7. The van der Waals surface area contributed by atoms with Crippen molar-refractivity contribution in [1.82, 2.24) is 14.9 Å². The third-order valence-corrected chi connectivity index (χ3v) is 5.80. The first kappa shape index (κ1) is 21.5. The average Bonchev–Trinajstić information content (AvgIpc) is 2.82. The van der Waals surface area contributed by atoms with E-state index in [2.05, 4.69) is 20.2 Å².